The SMILES string of the molecule is Cc1ccc(C2=C(N3CCCC3)C(=O)N(CC(C)C)C2=O)cc1C. The highest BCUT2D eigenvalue weighted by Crippen LogP contribution is 2.34. The van der Waals surface area contributed by atoms with E-state index in [1.807, 2.05) is 39.0 Å². The first-order valence-corrected chi connectivity index (χ1v) is 8.83. The lowest BCUT2D eigenvalue weighted by Crippen LogP contribution is -2.37. The molecule has 2 aliphatic heterocycles. The van der Waals surface area contributed by atoms with E-state index in [1.165, 1.54) is 10.5 Å². The molecule has 0 unspecified atom stereocenters. The summed E-state index contributed by atoms with van der Waals surface area (Å²) in [5.41, 5.74) is 4.40. The molecule has 4 heteroatoms. The van der Waals surface area contributed by atoms with Crippen LogP contribution in [0.15, 0.2) is 23.9 Å². The first-order valence-electron chi connectivity index (χ1n) is 8.83. The van der Waals surface area contributed by atoms with Crippen LogP contribution in [0.4, 0.5) is 0 Å². The smallest absolute Gasteiger partial charge is 0.277 e. The van der Waals surface area contributed by atoms with Gasteiger partial charge < -0.3 is 4.90 Å². The number of nitrogens with zero attached hydrogens (tertiary/aromatic N) is 2. The molecule has 1 aromatic carbocycles. The number of benzene rings is 1. The van der Waals surface area contributed by atoms with Crippen LogP contribution in [0.5, 0.6) is 0 Å². The predicted molar refractivity (Wildman–Crippen MR) is 95.2 cm³/mol. The second-order valence-electron chi connectivity index (χ2n) is 7.33. The molecule has 2 heterocycles. The summed E-state index contributed by atoms with van der Waals surface area (Å²) in [6, 6.07) is 6.03. The second kappa shape index (κ2) is 6.42. The Labute approximate surface area is 144 Å². The van der Waals surface area contributed by atoms with E-state index >= 15 is 0 Å². The summed E-state index contributed by atoms with van der Waals surface area (Å²) in [6.45, 7) is 10.4. The third-order valence-corrected chi connectivity index (χ3v) is 4.91. The molecule has 1 saturated heterocycles. The summed E-state index contributed by atoms with van der Waals surface area (Å²) in [5, 5.41) is 0. The van der Waals surface area contributed by atoms with Crippen molar-refractivity contribution in [3.05, 3.63) is 40.6 Å². The number of likely N-dealkylation sites (tertiary alicyclic amines) is 1. The Morgan fingerprint density at radius 3 is 2.25 bits per heavy atom. The Bertz CT molecular complexity index is 712. The Kier molecular flexibility index (Phi) is 4.48. The van der Waals surface area contributed by atoms with Gasteiger partial charge in [0.15, 0.2) is 0 Å². The Hall–Kier alpha value is -2.10. The third kappa shape index (κ3) is 2.85. The van der Waals surface area contributed by atoms with Crippen LogP contribution in [-0.4, -0.2) is 41.2 Å². The molecule has 0 spiro atoms. The molecule has 1 fully saturated rings. The van der Waals surface area contributed by atoms with Crippen molar-refractivity contribution in [1.29, 1.82) is 0 Å². The van der Waals surface area contributed by atoms with Crippen molar-refractivity contribution < 1.29 is 9.59 Å². The van der Waals surface area contributed by atoms with Gasteiger partial charge in [-0.05, 0) is 49.3 Å². The molecule has 0 bridgehead atoms. The quantitative estimate of drug-likeness (QED) is 0.798. The lowest BCUT2D eigenvalue weighted by atomic mass is 9.99. The van der Waals surface area contributed by atoms with Crippen molar-refractivity contribution in [2.75, 3.05) is 19.6 Å². The van der Waals surface area contributed by atoms with Crippen LogP contribution in [0.3, 0.4) is 0 Å². The first kappa shape index (κ1) is 16.7. The van der Waals surface area contributed by atoms with E-state index in [-0.39, 0.29) is 17.7 Å². The van der Waals surface area contributed by atoms with E-state index in [2.05, 4.69) is 11.8 Å². The van der Waals surface area contributed by atoms with Gasteiger partial charge in [0, 0.05) is 19.6 Å². The normalized spacial score (nSPS) is 18.5. The van der Waals surface area contributed by atoms with Crippen LogP contribution in [0.1, 0.15) is 43.4 Å². The number of rotatable bonds is 4. The van der Waals surface area contributed by atoms with Crippen molar-refractivity contribution in [3.8, 4) is 0 Å². The zero-order chi connectivity index (χ0) is 17.4. The van der Waals surface area contributed by atoms with Gasteiger partial charge in [-0.15, -0.1) is 0 Å². The van der Waals surface area contributed by atoms with Crippen LogP contribution in [0.25, 0.3) is 5.57 Å². The molecule has 0 radical (unpaired) electrons. The van der Waals surface area contributed by atoms with Crippen molar-refractivity contribution in [2.24, 2.45) is 5.92 Å². The van der Waals surface area contributed by atoms with E-state index < -0.39 is 0 Å². The van der Waals surface area contributed by atoms with Gasteiger partial charge in [0.05, 0.1) is 5.57 Å². The number of amides is 2. The maximum absolute atomic E-state index is 13.0. The molecule has 2 amide bonds. The number of imide groups is 1. The van der Waals surface area contributed by atoms with Crippen LogP contribution >= 0.6 is 0 Å². The highest BCUT2D eigenvalue weighted by atomic mass is 16.2. The van der Waals surface area contributed by atoms with E-state index in [1.54, 1.807) is 0 Å². The van der Waals surface area contributed by atoms with Crippen molar-refractivity contribution >= 4 is 17.4 Å². The van der Waals surface area contributed by atoms with Gasteiger partial charge in [-0.3, -0.25) is 14.5 Å². The molecule has 0 N–H and O–H groups in total. The minimum atomic E-state index is -0.140. The molecule has 1 aromatic rings. The van der Waals surface area contributed by atoms with Crippen molar-refractivity contribution in [1.82, 2.24) is 9.80 Å². The zero-order valence-corrected chi connectivity index (χ0v) is 15.1. The van der Waals surface area contributed by atoms with Gasteiger partial charge in [-0.2, -0.15) is 0 Å². The summed E-state index contributed by atoms with van der Waals surface area (Å²) in [7, 11) is 0. The van der Waals surface area contributed by atoms with Gasteiger partial charge >= 0.3 is 0 Å². The fourth-order valence-electron chi connectivity index (χ4n) is 3.49. The Balaban J connectivity index is 2.09. The third-order valence-electron chi connectivity index (χ3n) is 4.91. The minimum Gasteiger partial charge on any atom is -0.366 e. The molecular formula is C20H26N2O2. The topological polar surface area (TPSA) is 40.6 Å². The predicted octanol–water partition coefficient (Wildman–Crippen LogP) is 3.14. The standard InChI is InChI=1S/C20H26N2O2/c1-13(2)12-22-19(23)17(16-8-7-14(3)15(4)11-16)18(20(22)24)21-9-5-6-10-21/h7-8,11,13H,5-6,9-10,12H2,1-4H3. The van der Waals surface area contributed by atoms with E-state index in [0.29, 0.717) is 17.8 Å². The average Bonchev–Trinajstić information content (AvgIpc) is 3.12. The monoisotopic (exact) mass is 326 g/mol. The molecular weight excluding hydrogens is 300 g/mol. The molecule has 3 rings (SSSR count). The first-order chi connectivity index (χ1) is 11.4. The second-order valence-corrected chi connectivity index (χ2v) is 7.33. The summed E-state index contributed by atoms with van der Waals surface area (Å²) in [6.07, 6.45) is 2.16. The number of carbonyl (C=O) groups excluding carboxylic acids is 2. The summed E-state index contributed by atoms with van der Waals surface area (Å²) in [5.74, 6) is -0.000451. The van der Waals surface area contributed by atoms with E-state index in [4.69, 9.17) is 0 Å². The zero-order valence-electron chi connectivity index (χ0n) is 15.1. The van der Waals surface area contributed by atoms with Gasteiger partial charge in [0.2, 0.25) is 0 Å². The molecule has 0 saturated carbocycles. The largest absolute Gasteiger partial charge is 0.366 e. The average molecular weight is 326 g/mol. The Morgan fingerprint density at radius 1 is 1.00 bits per heavy atom. The molecule has 0 atom stereocenters. The molecule has 2 aliphatic rings. The van der Waals surface area contributed by atoms with Gasteiger partial charge in [-0.25, -0.2) is 0 Å². The van der Waals surface area contributed by atoms with Crippen LogP contribution < -0.4 is 0 Å². The van der Waals surface area contributed by atoms with Gasteiger partial charge in [0.25, 0.3) is 11.8 Å². The number of hydrogen-bond donors (Lipinski definition) is 0. The summed E-state index contributed by atoms with van der Waals surface area (Å²) >= 11 is 0. The van der Waals surface area contributed by atoms with Gasteiger partial charge in [-0.1, -0.05) is 32.0 Å². The van der Waals surface area contributed by atoms with E-state index in [0.717, 1.165) is 37.1 Å². The Morgan fingerprint density at radius 2 is 1.67 bits per heavy atom. The highest BCUT2D eigenvalue weighted by Gasteiger charge is 2.42. The molecule has 0 aliphatic carbocycles. The molecule has 24 heavy (non-hydrogen) atoms. The maximum Gasteiger partial charge on any atom is 0.277 e. The minimum absolute atomic E-state index is 0.121. The van der Waals surface area contributed by atoms with Gasteiger partial charge in [0.1, 0.15) is 5.70 Å². The number of aryl methyl sites for hydroxylation is 2. The lowest BCUT2D eigenvalue weighted by Gasteiger charge is -2.21. The molecule has 4 nitrogen and oxygen atoms in total. The highest BCUT2D eigenvalue weighted by molar-refractivity contribution is 6.35. The number of hydrogen-bond acceptors (Lipinski definition) is 3. The van der Waals surface area contributed by atoms with Crippen LogP contribution in [0, 0.1) is 19.8 Å². The maximum atomic E-state index is 13.0. The number of carbonyl (C=O) groups is 2. The molecule has 0 aromatic heterocycles. The fourth-order valence-corrected chi connectivity index (χ4v) is 3.49. The van der Waals surface area contributed by atoms with Crippen molar-refractivity contribution in [3.63, 3.8) is 0 Å². The van der Waals surface area contributed by atoms with E-state index in [9.17, 15) is 9.59 Å². The molecule has 128 valence electrons. The van der Waals surface area contributed by atoms with Crippen LogP contribution in [-0.2, 0) is 9.59 Å². The fraction of sp³-hybridized carbons (Fsp3) is 0.500. The summed E-state index contributed by atoms with van der Waals surface area (Å²) in [4.78, 5) is 29.6. The summed E-state index contributed by atoms with van der Waals surface area (Å²) < 4.78 is 0. The van der Waals surface area contributed by atoms with Crippen molar-refractivity contribution in [2.45, 2.75) is 40.5 Å². The lowest BCUT2D eigenvalue weighted by molar-refractivity contribution is -0.138. The van der Waals surface area contributed by atoms with Crippen LogP contribution in [0.2, 0.25) is 0 Å².